The molecular formula is C12H17IN6. The first-order valence-corrected chi connectivity index (χ1v) is 5.60. The van der Waals surface area contributed by atoms with Crippen LogP contribution in [0.25, 0.3) is 5.82 Å². The van der Waals surface area contributed by atoms with Crippen LogP contribution in [0.5, 0.6) is 0 Å². The van der Waals surface area contributed by atoms with Gasteiger partial charge in [-0.1, -0.05) is 6.07 Å². The SMILES string of the molecule is Cc1cc(C)n(-c2ccc(CN=C(N)N)cn2)n1.I. The molecule has 2 aromatic heterocycles. The van der Waals surface area contributed by atoms with Gasteiger partial charge in [0.15, 0.2) is 11.8 Å². The van der Waals surface area contributed by atoms with Crippen LogP contribution in [0.3, 0.4) is 0 Å². The van der Waals surface area contributed by atoms with Gasteiger partial charge in [0.2, 0.25) is 0 Å². The molecule has 2 heterocycles. The lowest BCUT2D eigenvalue weighted by atomic mass is 10.3. The number of nitrogens with zero attached hydrogens (tertiary/aromatic N) is 4. The van der Waals surface area contributed by atoms with E-state index in [9.17, 15) is 0 Å². The zero-order valence-electron chi connectivity index (χ0n) is 10.9. The Morgan fingerprint density at radius 3 is 2.53 bits per heavy atom. The van der Waals surface area contributed by atoms with Crippen LogP contribution in [-0.2, 0) is 6.54 Å². The van der Waals surface area contributed by atoms with Crippen molar-refractivity contribution in [2.24, 2.45) is 16.5 Å². The van der Waals surface area contributed by atoms with E-state index in [1.165, 1.54) is 0 Å². The summed E-state index contributed by atoms with van der Waals surface area (Å²) in [7, 11) is 0. The van der Waals surface area contributed by atoms with Gasteiger partial charge in [-0.3, -0.25) is 0 Å². The molecular weight excluding hydrogens is 355 g/mol. The molecule has 0 fully saturated rings. The van der Waals surface area contributed by atoms with Crippen LogP contribution in [0.2, 0.25) is 0 Å². The highest BCUT2D eigenvalue weighted by atomic mass is 127. The maximum absolute atomic E-state index is 5.28. The summed E-state index contributed by atoms with van der Waals surface area (Å²) in [5, 5.41) is 4.37. The van der Waals surface area contributed by atoms with E-state index in [0.29, 0.717) is 6.54 Å². The number of aryl methyl sites for hydroxylation is 2. The van der Waals surface area contributed by atoms with Gasteiger partial charge in [-0.15, -0.1) is 24.0 Å². The number of aromatic nitrogens is 3. The van der Waals surface area contributed by atoms with E-state index in [-0.39, 0.29) is 29.9 Å². The van der Waals surface area contributed by atoms with Crippen molar-refractivity contribution >= 4 is 29.9 Å². The van der Waals surface area contributed by atoms with E-state index in [2.05, 4.69) is 15.1 Å². The molecule has 0 unspecified atom stereocenters. The molecule has 102 valence electrons. The quantitative estimate of drug-likeness (QED) is 0.482. The second kappa shape index (κ2) is 6.50. The molecule has 0 saturated heterocycles. The fourth-order valence-electron chi connectivity index (χ4n) is 1.68. The highest BCUT2D eigenvalue weighted by Gasteiger charge is 2.04. The number of pyridine rings is 1. The van der Waals surface area contributed by atoms with Crippen molar-refractivity contribution in [3.63, 3.8) is 0 Å². The van der Waals surface area contributed by atoms with Crippen LogP contribution < -0.4 is 11.5 Å². The summed E-state index contributed by atoms with van der Waals surface area (Å²) < 4.78 is 1.81. The summed E-state index contributed by atoms with van der Waals surface area (Å²) in [5.41, 5.74) is 13.5. The number of guanidine groups is 1. The van der Waals surface area contributed by atoms with Gasteiger partial charge in [0.1, 0.15) is 0 Å². The van der Waals surface area contributed by atoms with E-state index in [4.69, 9.17) is 11.5 Å². The Kier molecular flexibility index (Phi) is 5.28. The van der Waals surface area contributed by atoms with Gasteiger partial charge in [0.25, 0.3) is 0 Å². The maximum atomic E-state index is 5.28. The van der Waals surface area contributed by atoms with Gasteiger partial charge in [0, 0.05) is 11.9 Å². The predicted molar refractivity (Wildman–Crippen MR) is 85.8 cm³/mol. The first kappa shape index (κ1) is 15.4. The highest BCUT2D eigenvalue weighted by Crippen LogP contribution is 2.10. The number of halogens is 1. The normalized spacial score (nSPS) is 9.79. The minimum atomic E-state index is 0. The number of hydrogen-bond acceptors (Lipinski definition) is 3. The number of hydrogen-bond donors (Lipinski definition) is 2. The number of nitrogens with two attached hydrogens (primary N) is 2. The van der Waals surface area contributed by atoms with E-state index >= 15 is 0 Å². The molecule has 19 heavy (non-hydrogen) atoms. The molecule has 0 aromatic carbocycles. The molecule has 0 bridgehead atoms. The lowest BCUT2D eigenvalue weighted by Crippen LogP contribution is -2.22. The Morgan fingerprint density at radius 1 is 1.32 bits per heavy atom. The Hall–Kier alpha value is -1.64. The lowest BCUT2D eigenvalue weighted by molar-refractivity contribution is 0.803. The zero-order valence-corrected chi connectivity index (χ0v) is 13.2. The first-order valence-electron chi connectivity index (χ1n) is 5.60. The molecule has 0 aliphatic carbocycles. The summed E-state index contributed by atoms with van der Waals surface area (Å²) in [6, 6.07) is 5.84. The van der Waals surface area contributed by atoms with Crippen LogP contribution in [0, 0.1) is 13.8 Å². The van der Waals surface area contributed by atoms with Gasteiger partial charge in [-0.2, -0.15) is 5.10 Å². The zero-order chi connectivity index (χ0) is 13.1. The van der Waals surface area contributed by atoms with Crippen molar-refractivity contribution in [3.8, 4) is 5.82 Å². The van der Waals surface area contributed by atoms with Crippen LogP contribution in [0.4, 0.5) is 0 Å². The molecule has 0 atom stereocenters. The minimum Gasteiger partial charge on any atom is -0.370 e. The minimum absolute atomic E-state index is 0. The van der Waals surface area contributed by atoms with Crippen molar-refractivity contribution in [1.82, 2.24) is 14.8 Å². The van der Waals surface area contributed by atoms with Gasteiger partial charge in [-0.25, -0.2) is 14.7 Å². The largest absolute Gasteiger partial charge is 0.370 e. The molecule has 0 saturated carbocycles. The Morgan fingerprint density at radius 2 is 2.05 bits per heavy atom. The summed E-state index contributed by atoms with van der Waals surface area (Å²) in [6.45, 7) is 4.39. The van der Waals surface area contributed by atoms with E-state index in [1.807, 2.05) is 32.0 Å². The summed E-state index contributed by atoms with van der Waals surface area (Å²) in [4.78, 5) is 8.28. The van der Waals surface area contributed by atoms with E-state index in [0.717, 1.165) is 22.8 Å². The third kappa shape index (κ3) is 3.91. The topological polar surface area (TPSA) is 95.1 Å². The Labute approximate surface area is 128 Å². The lowest BCUT2D eigenvalue weighted by Gasteiger charge is -2.04. The van der Waals surface area contributed by atoms with Crippen molar-refractivity contribution < 1.29 is 0 Å². The summed E-state index contributed by atoms with van der Waals surface area (Å²) >= 11 is 0. The smallest absolute Gasteiger partial charge is 0.186 e. The maximum Gasteiger partial charge on any atom is 0.186 e. The molecule has 2 aromatic rings. The number of aliphatic imine (C=N–C) groups is 1. The van der Waals surface area contributed by atoms with Gasteiger partial charge in [0.05, 0.1) is 12.2 Å². The second-order valence-electron chi connectivity index (χ2n) is 4.10. The molecule has 6 nitrogen and oxygen atoms in total. The number of rotatable bonds is 3. The van der Waals surface area contributed by atoms with Gasteiger partial charge in [-0.05, 0) is 31.5 Å². The molecule has 4 N–H and O–H groups in total. The monoisotopic (exact) mass is 372 g/mol. The standard InChI is InChI=1S/C12H16N6.HI/c1-8-5-9(2)18(17-8)11-4-3-10(6-15-11)7-16-12(13)14;/h3-6H,7H2,1-2H3,(H4,13,14,16);1H. The van der Waals surface area contributed by atoms with E-state index < -0.39 is 0 Å². The molecule has 0 radical (unpaired) electrons. The average molecular weight is 372 g/mol. The van der Waals surface area contributed by atoms with Crippen LogP contribution in [0.1, 0.15) is 17.0 Å². The summed E-state index contributed by atoms with van der Waals surface area (Å²) in [6.07, 6.45) is 1.75. The summed E-state index contributed by atoms with van der Waals surface area (Å²) in [5.74, 6) is 0.867. The van der Waals surface area contributed by atoms with Crippen LogP contribution in [0.15, 0.2) is 29.4 Å². The molecule has 0 spiro atoms. The highest BCUT2D eigenvalue weighted by molar-refractivity contribution is 14.0. The van der Waals surface area contributed by atoms with Gasteiger partial charge < -0.3 is 11.5 Å². The molecule has 7 heteroatoms. The molecule has 0 aliphatic rings. The second-order valence-corrected chi connectivity index (χ2v) is 4.10. The molecule has 2 rings (SSSR count). The van der Waals surface area contributed by atoms with Crippen molar-refractivity contribution in [1.29, 1.82) is 0 Å². The molecule has 0 amide bonds. The van der Waals surface area contributed by atoms with Gasteiger partial charge >= 0.3 is 0 Å². The Balaban J connectivity index is 0.00000180. The third-order valence-electron chi connectivity index (χ3n) is 2.48. The van der Waals surface area contributed by atoms with Crippen molar-refractivity contribution in [2.75, 3.05) is 0 Å². The van der Waals surface area contributed by atoms with Crippen molar-refractivity contribution in [3.05, 3.63) is 41.3 Å². The van der Waals surface area contributed by atoms with Crippen LogP contribution >= 0.6 is 24.0 Å². The van der Waals surface area contributed by atoms with Crippen molar-refractivity contribution in [2.45, 2.75) is 20.4 Å². The first-order chi connectivity index (χ1) is 8.56. The fraction of sp³-hybridized carbons (Fsp3) is 0.250. The van der Waals surface area contributed by atoms with Crippen LogP contribution in [-0.4, -0.2) is 20.7 Å². The molecule has 0 aliphatic heterocycles. The average Bonchev–Trinajstić information content (AvgIpc) is 2.66. The fourth-order valence-corrected chi connectivity index (χ4v) is 1.68. The predicted octanol–water partition coefficient (Wildman–Crippen LogP) is 1.28. The van der Waals surface area contributed by atoms with E-state index in [1.54, 1.807) is 10.9 Å². The third-order valence-corrected chi connectivity index (χ3v) is 2.48. The Bertz CT molecular complexity index is 568.